The Balaban J connectivity index is 1.60. The molecule has 168 valence electrons. The topological polar surface area (TPSA) is 40.2 Å². The molecule has 1 aliphatic heterocycles. The van der Waals surface area contributed by atoms with Gasteiger partial charge in [0.1, 0.15) is 6.61 Å². The zero-order valence-corrected chi connectivity index (χ0v) is 19.3. The van der Waals surface area contributed by atoms with Crippen molar-refractivity contribution in [3.05, 3.63) is 82.9 Å². The van der Waals surface area contributed by atoms with Gasteiger partial charge in [0, 0.05) is 12.6 Å². The van der Waals surface area contributed by atoms with Crippen LogP contribution in [0.5, 0.6) is 23.0 Å². The molecule has 4 rings (SSSR count). The summed E-state index contributed by atoms with van der Waals surface area (Å²) in [5.41, 5.74) is 4.94. The molecular formula is C27H31NO4. The van der Waals surface area contributed by atoms with Crippen molar-refractivity contribution in [2.75, 3.05) is 34.9 Å². The van der Waals surface area contributed by atoms with Gasteiger partial charge in [0.25, 0.3) is 0 Å². The van der Waals surface area contributed by atoms with Crippen LogP contribution in [0.15, 0.2) is 60.7 Å². The minimum absolute atomic E-state index is 0.244. The van der Waals surface area contributed by atoms with Crippen LogP contribution in [0.4, 0.5) is 0 Å². The second kappa shape index (κ2) is 9.96. The summed E-state index contributed by atoms with van der Waals surface area (Å²) < 4.78 is 22.8. The first-order valence-corrected chi connectivity index (χ1v) is 10.9. The molecule has 32 heavy (non-hydrogen) atoms. The number of benzene rings is 3. The molecule has 0 aromatic heterocycles. The summed E-state index contributed by atoms with van der Waals surface area (Å²) in [5.74, 6) is 3.07. The van der Waals surface area contributed by atoms with Crippen LogP contribution in [0.25, 0.3) is 0 Å². The number of ether oxygens (including phenoxy) is 4. The average Bonchev–Trinajstić information content (AvgIpc) is 2.84. The van der Waals surface area contributed by atoms with E-state index < -0.39 is 0 Å². The van der Waals surface area contributed by atoms with Crippen LogP contribution in [0.1, 0.15) is 28.3 Å². The van der Waals surface area contributed by atoms with Gasteiger partial charge in [-0.3, -0.25) is 4.90 Å². The third-order valence-electron chi connectivity index (χ3n) is 6.16. The minimum atomic E-state index is 0.244. The lowest BCUT2D eigenvalue weighted by Gasteiger charge is -2.35. The SMILES string of the molecule is COc1cc2c(cc1OC)[C@H](Cc1ccc(OC)c(OCc3ccccc3)c1)N(C)CC2. The summed E-state index contributed by atoms with van der Waals surface area (Å²) in [7, 11) is 7.23. The van der Waals surface area contributed by atoms with Gasteiger partial charge < -0.3 is 18.9 Å². The molecule has 5 heteroatoms. The lowest BCUT2D eigenvalue weighted by molar-refractivity contribution is 0.227. The molecular weight excluding hydrogens is 402 g/mol. The van der Waals surface area contributed by atoms with Gasteiger partial charge in [-0.05, 0) is 66.4 Å². The fourth-order valence-corrected chi connectivity index (χ4v) is 4.34. The van der Waals surface area contributed by atoms with Crippen LogP contribution in [0.2, 0.25) is 0 Å². The molecule has 0 amide bonds. The molecule has 0 saturated heterocycles. The van der Waals surface area contributed by atoms with Crippen LogP contribution in [0, 0.1) is 0 Å². The van der Waals surface area contributed by atoms with E-state index in [4.69, 9.17) is 18.9 Å². The highest BCUT2D eigenvalue weighted by Gasteiger charge is 2.27. The predicted molar refractivity (Wildman–Crippen MR) is 126 cm³/mol. The molecule has 1 atom stereocenters. The maximum Gasteiger partial charge on any atom is 0.161 e. The first-order chi connectivity index (χ1) is 15.6. The van der Waals surface area contributed by atoms with Gasteiger partial charge in [-0.25, -0.2) is 0 Å². The Morgan fingerprint density at radius 1 is 0.781 bits per heavy atom. The van der Waals surface area contributed by atoms with E-state index in [1.807, 2.05) is 24.3 Å². The Morgan fingerprint density at radius 3 is 2.22 bits per heavy atom. The quantitative estimate of drug-likeness (QED) is 0.496. The van der Waals surface area contributed by atoms with E-state index in [2.05, 4.69) is 48.3 Å². The number of nitrogens with zero attached hydrogens (tertiary/aromatic N) is 1. The minimum Gasteiger partial charge on any atom is -0.493 e. The Hall–Kier alpha value is -3.18. The van der Waals surface area contributed by atoms with Gasteiger partial charge >= 0.3 is 0 Å². The maximum absolute atomic E-state index is 6.13. The molecule has 0 spiro atoms. The number of likely N-dealkylation sites (N-methyl/N-ethyl adjacent to an activating group) is 1. The summed E-state index contributed by atoms with van der Waals surface area (Å²) >= 11 is 0. The van der Waals surface area contributed by atoms with Crippen molar-refractivity contribution >= 4 is 0 Å². The van der Waals surface area contributed by atoms with E-state index in [0.717, 1.165) is 47.9 Å². The Labute approximate surface area is 190 Å². The van der Waals surface area contributed by atoms with Gasteiger partial charge in [-0.1, -0.05) is 36.4 Å². The second-order valence-electron chi connectivity index (χ2n) is 8.12. The number of hydrogen-bond acceptors (Lipinski definition) is 5. The van der Waals surface area contributed by atoms with Crippen LogP contribution in [-0.4, -0.2) is 39.8 Å². The van der Waals surface area contributed by atoms with E-state index in [0.29, 0.717) is 6.61 Å². The summed E-state index contributed by atoms with van der Waals surface area (Å²) in [6.07, 6.45) is 1.86. The number of methoxy groups -OCH3 is 3. The summed E-state index contributed by atoms with van der Waals surface area (Å²) in [6, 6.07) is 20.9. The molecule has 0 N–H and O–H groups in total. The Bertz CT molecular complexity index is 1050. The van der Waals surface area contributed by atoms with Crippen molar-refractivity contribution in [1.29, 1.82) is 0 Å². The fraction of sp³-hybridized carbons (Fsp3) is 0.333. The highest BCUT2D eigenvalue weighted by molar-refractivity contribution is 5.50. The zero-order valence-electron chi connectivity index (χ0n) is 19.3. The number of hydrogen-bond donors (Lipinski definition) is 0. The van der Waals surface area contributed by atoms with Crippen LogP contribution >= 0.6 is 0 Å². The zero-order chi connectivity index (χ0) is 22.5. The van der Waals surface area contributed by atoms with Crippen molar-refractivity contribution in [3.8, 4) is 23.0 Å². The van der Waals surface area contributed by atoms with Gasteiger partial charge in [0.15, 0.2) is 23.0 Å². The van der Waals surface area contributed by atoms with Crippen molar-refractivity contribution in [3.63, 3.8) is 0 Å². The summed E-state index contributed by atoms with van der Waals surface area (Å²) in [4.78, 5) is 2.41. The highest BCUT2D eigenvalue weighted by Crippen LogP contribution is 2.39. The Morgan fingerprint density at radius 2 is 1.50 bits per heavy atom. The molecule has 0 fully saturated rings. The van der Waals surface area contributed by atoms with Gasteiger partial charge in [-0.2, -0.15) is 0 Å². The lowest BCUT2D eigenvalue weighted by Crippen LogP contribution is -2.33. The van der Waals surface area contributed by atoms with Crippen LogP contribution < -0.4 is 18.9 Å². The first-order valence-electron chi connectivity index (χ1n) is 10.9. The molecule has 1 heterocycles. The molecule has 3 aromatic rings. The monoisotopic (exact) mass is 433 g/mol. The van der Waals surface area contributed by atoms with Crippen LogP contribution in [-0.2, 0) is 19.4 Å². The molecule has 0 saturated carbocycles. The molecule has 0 bridgehead atoms. The average molecular weight is 434 g/mol. The van der Waals surface area contributed by atoms with E-state index in [1.54, 1.807) is 21.3 Å². The van der Waals surface area contributed by atoms with E-state index in [9.17, 15) is 0 Å². The standard InChI is InChI=1S/C27H31NO4/c1-28-13-12-21-16-25(30-3)26(31-4)17-22(21)23(28)14-20-10-11-24(29-2)27(15-20)32-18-19-8-6-5-7-9-19/h5-11,15-17,23H,12-14,18H2,1-4H3/t23-/m0/s1. The molecule has 0 unspecified atom stereocenters. The summed E-state index contributed by atoms with van der Waals surface area (Å²) in [6.45, 7) is 1.50. The second-order valence-corrected chi connectivity index (χ2v) is 8.12. The maximum atomic E-state index is 6.13. The molecule has 0 aliphatic carbocycles. The normalized spacial score (nSPS) is 15.7. The molecule has 1 aliphatic rings. The molecule has 0 radical (unpaired) electrons. The van der Waals surface area contributed by atoms with Crippen molar-refractivity contribution in [1.82, 2.24) is 4.90 Å². The fourth-order valence-electron chi connectivity index (χ4n) is 4.34. The Kier molecular flexibility index (Phi) is 6.86. The van der Waals surface area contributed by atoms with E-state index >= 15 is 0 Å². The van der Waals surface area contributed by atoms with Crippen LogP contribution in [0.3, 0.4) is 0 Å². The lowest BCUT2D eigenvalue weighted by atomic mass is 9.88. The smallest absolute Gasteiger partial charge is 0.161 e. The highest BCUT2D eigenvalue weighted by atomic mass is 16.5. The third-order valence-corrected chi connectivity index (χ3v) is 6.16. The third kappa shape index (κ3) is 4.68. The number of fused-ring (bicyclic) bond motifs is 1. The van der Waals surface area contributed by atoms with Crippen molar-refractivity contribution in [2.24, 2.45) is 0 Å². The van der Waals surface area contributed by atoms with Crippen molar-refractivity contribution in [2.45, 2.75) is 25.5 Å². The van der Waals surface area contributed by atoms with Crippen molar-refractivity contribution < 1.29 is 18.9 Å². The van der Waals surface area contributed by atoms with Gasteiger partial charge in [0.2, 0.25) is 0 Å². The van der Waals surface area contributed by atoms with Gasteiger partial charge in [0.05, 0.1) is 21.3 Å². The predicted octanol–water partition coefficient (Wildman–Crippen LogP) is 5.06. The van der Waals surface area contributed by atoms with Gasteiger partial charge in [-0.15, -0.1) is 0 Å². The number of rotatable bonds is 8. The first kappa shape index (κ1) is 22.0. The summed E-state index contributed by atoms with van der Waals surface area (Å²) in [5, 5.41) is 0. The largest absolute Gasteiger partial charge is 0.493 e. The molecule has 3 aromatic carbocycles. The van der Waals surface area contributed by atoms with E-state index in [1.165, 1.54) is 16.7 Å². The molecule has 5 nitrogen and oxygen atoms in total. The van der Waals surface area contributed by atoms with E-state index in [-0.39, 0.29) is 6.04 Å².